The van der Waals surface area contributed by atoms with E-state index in [-0.39, 0.29) is 0 Å². The van der Waals surface area contributed by atoms with Crippen LogP contribution in [-0.4, -0.2) is 0 Å². The zero-order valence-corrected chi connectivity index (χ0v) is 12.5. The molecule has 0 amide bonds. The Morgan fingerprint density at radius 3 is 2.26 bits per heavy atom. The standard InChI is InChI=1S/C17H28N2/c1-12(2)14-7-9-15(10-8-14)17(19-18)16-6-4-5-13(3)11-16/h4-6,11-12,14-15,17,19H,7-10,18H2,1-3H3. The molecule has 1 atom stereocenters. The molecule has 0 saturated heterocycles. The smallest absolute Gasteiger partial charge is 0.0488 e. The van der Waals surface area contributed by atoms with Gasteiger partial charge < -0.3 is 0 Å². The minimum Gasteiger partial charge on any atom is -0.271 e. The third-order valence-corrected chi connectivity index (χ3v) is 4.81. The van der Waals surface area contributed by atoms with Crippen molar-refractivity contribution in [3.63, 3.8) is 0 Å². The maximum atomic E-state index is 5.83. The van der Waals surface area contributed by atoms with Gasteiger partial charge in [-0.25, -0.2) is 0 Å². The molecule has 1 aliphatic rings. The summed E-state index contributed by atoms with van der Waals surface area (Å²) in [5.41, 5.74) is 5.72. The van der Waals surface area contributed by atoms with Crippen LogP contribution in [0, 0.1) is 24.7 Å². The third kappa shape index (κ3) is 3.58. The van der Waals surface area contributed by atoms with Crippen molar-refractivity contribution < 1.29 is 0 Å². The monoisotopic (exact) mass is 260 g/mol. The molecule has 0 aromatic heterocycles. The normalized spacial score (nSPS) is 25.5. The van der Waals surface area contributed by atoms with Crippen LogP contribution in [0.4, 0.5) is 0 Å². The van der Waals surface area contributed by atoms with Gasteiger partial charge in [0.25, 0.3) is 0 Å². The van der Waals surface area contributed by atoms with Crippen LogP contribution in [0.15, 0.2) is 24.3 Å². The summed E-state index contributed by atoms with van der Waals surface area (Å²) in [6.07, 6.45) is 5.30. The van der Waals surface area contributed by atoms with Crippen LogP contribution in [-0.2, 0) is 0 Å². The van der Waals surface area contributed by atoms with E-state index in [0.717, 1.165) is 11.8 Å². The Kier molecular flexibility index (Phi) is 5.00. The van der Waals surface area contributed by atoms with Gasteiger partial charge in [0, 0.05) is 6.04 Å². The highest BCUT2D eigenvalue weighted by atomic mass is 15.2. The summed E-state index contributed by atoms with van der Waals surface area (Å²) in [6.45, 7) is 6.85. The summed E-state index contributed by atoms with van der Waals surface area (Å²) in [5.74, 6) is 8.25. The van der Waals surface area contributed by atoms with Crippen molar-refractivity contribution >= 4 is 0 Å². The molecular formula is C17H28N2. The molecule has 106 valence electrons. The van der Waals surface area contributed by atoms with Crippen LogP contribution in [0.5, 0.6) is 0 Å². The van der Waals surface area contributed by atoms with Gasteiger partial charge in [-0.2, -0.15) is 0 Å². The molecule has 2 nitrogen and oxygen atoms in total. The van der Waals surface area contributed by atoms with Gasteiger partial charge in [-0.05, 0) is 55.9 Å². The topological polar surface area (TPSA) is 38.0 Å². The molecule has 0 aliphatic heterocycles. The first-order valence-electron chi connectivity index (χ1n) is 7.64. The van der Waals surface area contributed by atoms with Crippen molar-refractivity contribution in [2.75, 3.05) is 0 Å². The van der Waals surface area contributed by atoms with Gasteiger partial charge in [-0.15, -0.1) is 0 Å². The Balaban J connectivity index is 2.03. The number of nitrogens with two attached hydrogens (primary N) is 1. The second kappa shape index (κ2) is 6.53. The zero-order valence-electron chi connectivity index (χ0n) is 12.5. The molecule has 0 bridgehead atoms. The van der Waals surface area contributed by atoms with Gasteiger partial charge in [-0.3, -0.25) is 11.3 Å². The SMILES string of the molecule is Cc1cccc(C(NN)C2CCC(C(C)C)CC2)c1. The van der Waals surface area contributed by atoms with Gasteiger partial charge in [0.15, 0.2) is 0 Å². The Bertz CT molecular complexity index is 392. The fourth-order valence-electron chi connectivity index (χ4n) is 3.51. The van der Waals surface area contributed by atoms with E-state index in [1.165, 1.54) is 36.8 Å². The van der Waals surface area contributed by atoms with E-state index in [4.69, 9.17) is 5.84 Å². The van der Waals surface area contributed by atoms with Crippen LogP contribution in [0.1, 0.15) is 56.7 Å². The number of nitrogens with one attached hydrogen (secondary N) is 1. The number of hydrogen-bond donors (Lipinski definition) is 2. The van der Waals surface area contributed by atoms with Crippen molar-refractivity contribution in [3.8, 4) is 0 Å². The molecule has 1 saturated carbocycles. The molecule has 3 N–H and O–H groups in total. The fraction of sp³-hybridized carbons (Fsp3) is 0.647. The lowest BCUT2D eigenvalue weighted by Gasteiger charge is -2.35. The van der Waals surface area contributed by atoms with E-state index in [0.29, 0.717) is 12.0 Å². The van der Waals surface area contributed by atoms with Crippen molar-refractivity contribution in [2.24, 2.45) is 23.6 Å². The van der Waals surface area contributed by atoms with E-state index >= 15 is 0 Å². The van der Waals surface area contributed by atoms with Crippen molar-refractivity contribution in [1.29, 1.82) is 0 Å². The number of benzene rings is 1. The summed E-state index contributed by atoms with van der Waals surface area (Å²) in [7, 11) is 0. The Labute approximate surface area is 117 Å². The Morgan fingerprint density at radius 2 is 1.74 bits per heavy atom. The summed E-state index contributed by atoms with van der Waals surface area (Å²) in [6, 6.07) is 9.06. The highest BCUT2D eigenvalue weighted by molar-refractivity contribution is 5.25. The zero-order chi connectivity index (χ0) is 13.8. The summed E-state index contributed by atoms with van der Waals surface area (Å²) >= 11 is 0. The maximum Gasteiger partial charge on any atom is 0.0488 e. The average Bonchev–Trinajstić information content (AvgIpc) is 2.40. The second-order valence-corrected chi connectivity index (χ2v) is 6.48. The Morgan fingerprint density at radius 1 is 1.11 bits per heavy atom. The Hall–Kier alpha value is -0.860. The molecule has 1 unspecified atom stereocenters. The predicted molar refractivity (Wildman–Crippen MR) is 81.5 cm³/mol. The molecule has 19 heavy (non-hydrogen) atoms. The minimum atomic E-state index is 0.313. The number of hydrogen-bond acceptors (Lipinski definition) is 2. The molecule has 0 spiro atoms. The van der Waals surface area contributed by atoms with Gasteiger partial charge >= 0.3 is 0 Å². The molecule has 0 heterocycles. The van der Waals surface area contributed by atoms with E-state index in [2.05, 4.69) is 50.5 Å². The largest absolute Gasteiger partial charge is 0.271 e. The lowest BCUT2D eigenvalue weighted by atomic mass is 9.73. The molecular weight excluding hydrogens is 232 g/mol. The highest BCUT2D eigenvalue weighted by Crippen LogP contribution is 2.39. The van der Waals surface area contributed by atoms with Crippen molar-refractivity contribution in [2.45, 2.75) is 52.5 Å². The number of rotatable bonds is 4. The maximum absolute atomic E-state index is 5.83. The van der Waals surface area contributed by atoms with Crippen LogP contribution < -0.4 is 11.3 Å². The quantitative estimate of drug-likeness (QED) is 0.635. The number of aryl methyl sites for hydroxylation is 1. The predicted octanol–water partition coefficient (Wildman–Crippen LogP) is 3.96. The fourth-order valence-corrected chi connectivity index (χ4v) is 3.51. The molecule has 0 radical (unpaired) electrons. The van der Waals surface area contributed by atoms with Crippen LogP contribution in [0.25, 0.3) is 0 Å². The lowest BCUT2D eigenvalue weighted by Crippen LogP contribution is -2.35. The van der Waals surface area contributed by atoms with E-state index in [9.17, 15) is 0 Å². The van der Waals surface area contributed by atoms with E-state index < -0.39 is 0 Å². The van der Waals surface area contributed by atoms with Crippen molar-refractivity contribution in [3.05, 3.63) is 35.4 Å². The first-order chi connectivity index (χ1) is 9.11. The second-order valence-electron chi connectivity index (χ2n) is 6.48. The van der Waals surface area contributed by atoms with Crippen LogP contribution in [0.3, 0.4) is 0 Å². The van der Waals surface area contributed by atoms with Crippen molar-refractivity contribution in [1.82, 2.24) is 5.43 Å². The molecule has 1 aliphatic carbocycles. The van der Waals surface area contributed by atoms with Crippen LogP contribution >= 0.6 is 0 Å². The molecule has 1 aromatic carbocycles. The van der Waals surface area contributed by atoms with E-state index in [1.807, 2.05) is 0 Å². The molecule has 1 fully saturated rings. The summed E-state index contributed by atoms with van der Waals surface area (Å²) < 4.78 is 0. The molecule has 2 rings (SSSR count). The first-order valence-corrected chi connectivity index (χ1v) is 7.64. The minimum absolute atomic E-state index is 0.313. The molecule has 1 aromatic rings. The third-order valence-electron chi connectivity index (χ3n) is 4.81. The number of hydrazine groups is 1. The average molecular weight is 260 g/mol. The van der Waals surface area contributed by atoms with Gasteiger partial charge in [0.1, 0.15) is 0 Å². The van der Waals surface area contributed by atoms with Gasteiger partial charge in [0.2, 0.25) is 0 Å². The van der Waals surface area contributed by atoms with Gasteiger partial charge in [0.05, 0.1) is 0 Å². The first kappa shape index (κ1) is 14.5. The molecule has 2 heteroatoms. The van der Waals surface area contributed by atoms with E-state index in [1.54, 1.807) is 0 Å². The summed E-state index contributed by atoms with van der Waals surface area (Å²) in [4.78, 5) is 0. The lowest BCUT2D eigenvalue weighted by molar-refractivity contribution is 0.189. The highest BCUT2D eigenvalue weighted by Gasteiger charge is 2.29. The van der Waals surface area contributed by atoms with Gasteiger partial charge in [-0.1, -0.05) is 43.7 Å². The summed E-state index contributed by atoms with van der Waals surface area (Å²) in [5, 5.41) is 0. The van der Waals surface area contributed by atoms with Crippen LogP contribution in [0.2, 0.25) is 0 Å².